The van der Waals surface area contributed by atoms with Gasteiger partial charge in [0.1, 0.15) is 0 Å². The highest BCUT2D eigenvalue weighted by molar-refractivity contribution is 5.96. The minimum absolute atomic E-state index is 0.0464. The van der Waals surface area contributed by atoms with Gasteiger partial charge in [0, 0.05) is 13.1 Å². The molecular weight excluding hydrogens is 210 g/mol. The van der Waals surface area contributed by atoms with Gasteiger partial charge in [0.05, 0.1) is 12.6 Å². The summed E-state index contributed by atoms with van der Waals surface area (Å²) >= 11 is 0. The topological polar surface area (TPSA) is 90.5 Å². The summed E-state index contributed by atoms with van der Waals surface area (Å²) in [4.78, 5) is 22.4. The molecule has 0 aliphatic carbocycles. The lowest BCUT2D eigenvalue weighted by Gasteiger charge is -2.23. The van der Waals surface area contributed by atoms with Crippen LogP contribution in [0.15, 0.2) is 0 Å². The molecule has 0 aromatic rings. The van der Waals surface area contributed by atoms with E-state index in [0.717, 1.165) is 0 Å². The SMILES string of the molecule is CNC(=O)NC(=O)C(C)NC(CO)C(C)C. The maximum absolute atomic E-state index is 11.5. The van der Waals surface area contributed by atoms with Gasteiger partial charge in [0.15, 0.2) is 0 Å². The molecule has 16 heavy (non-hydrogen) atoms. The van der Waals surface area contributed by atoms with Gasteiger partial charge in [-0.25, -0.2) is 4.79 Å². The lowest BCUT2D eigenvalue weighted by molar-refractivity contribution is -0.122. The Labute approximate surface area is 95.8 Å². The fourth-order valence-corrected chi connectivity index (χ4v) is 1.14. The van der Waals surface area contributed by atoms with E-state index in [2.05, 4.69) is 16.0 Å². The van der Waals surface area contributed by atoms with Gasteiger partial charge >= 0.3 is 6.03 Å². The van der Waals surface area contributed by atoms with Gasteiger partial charge in [0.25, 0.3) is 0 Å². The maximum Gasteiger partial charge on any atom is 0.321 e. The quantitative estimate of drug-likeness (QED) is 0.510. The van der Waals surface area contributed by atoms with Crippen LogP contribution in [0.4, 0.5) is 4.79 Å². The standard InChI is InChI=1S/C10H21N3O3/c1-6(2)8(5-14)12-7(3)9(15)13-10(16)11-4/h6-8,12,14H,5H2,1-4H3,(H2,11,13,15,16). The van der Waals surface area contributed by atoms with Crippen LogP contribution in [0.3, 0.4) is 0 Å². The summed E-state index contributed by atoms with van der Waals surface area (Å²) < 4.78 is 0. The molecule has 2 atom stereocenters. The largest absolute Gasteiger partial charge is 0.395 e. The van der Waals surface area contributed by atoms with Gasteiger partial charge < -0.3 is 15.7 Å². The van der Waals surface area contributed by atoms with E-state index in [0.29, 0.717) is 0 Å². The Kier molecular flexibility index (Phi) is 6.67. The van der Waals surface area contributed by atoms with Gasteiger partial charge in [-0.05, 0) is 12.8 Å². The van der Waals surface area contributed by atoms with Crippen molar-refractivity contribution in [3.63, 3.8) is 0 Å². The molecule has 4 N–H and O–H groups in total. The summed E-state index contributed by atoms with van der Waals surface area (Å²) in [5.74, 6) is -0.210. The third-order valence-corrected chi connectivity index (χ3v) is 2.32. The van der Waals surface area contributed by atoms with Crippen molar-refractivity contribution >= 4 is 11.9 Å². The summed E-state index contributed by atoms with van der Waals surface area (Å²) in [6.45, 7) is 5.48. The average molecular weight is 231 g/mol. The predicted molar refractivity (Wildman–Crippen MR) is 60.9 cm³/mol. The number of hydrogen-bond acceptors (Lipinski definition) is 4. The number of aliphatic hydroxyl groups is 1. The molecule has 0 aliphatic heterocycles. The Morgan fingerprint density at radius 1 is 1.25 bits per heavy atom. The molecule has 0 aliphatic rings. The van der Waals surface area contributed by atoms with Crippen molar-refractivity contribution in [1.82, 2.24) is 16.0 Å². The Balaban J connectivity index is 4.18. The summed E-state index contributed by atoms with van der Waals surface area (Å²) in [6.07, 6.45) is 0. The van der Waals surface area contributed by atoms with Crippen molar-refractivity contribution in [2.45, 2.75) is 32.9 Å². The molecular formula is C10H21N3O3. The van der Waals surface area contributed by atoms with Gasteiger partial charge in [0.2, 0.25) is 5.91 Å². The molecule has 0 aromatic heterocycles. The van der Waals surface area contributed by atoms with Crippen LogP contribution in [0.25, 0.3) is 0 Å². The minimum Gasteiger partial charge on any atom is -0.395 e. The van der Waals surface area contributed by atoms with Crippen molar-refractivity contribution in [3.8, 4) is 0 Å². The van der Waals surface area contributed by atoms with Crippen LogP contribution < -0.4 is 16.0 Å². The van der Waals surface area contributed by atoms with E-state index >= 15 is 0 Å². The Morgan fingerprint density at radius 2 is 1.81 bits per heavy atom. The average Bonchev–Trinajstić information content (AvgIpc) is 2.24. The lowest BCUT2D eigenvalue weighted by atomic mass is 10.0. The van der Waals surface area contributed by atoms with Crippen molar-refractivity contribution in [1.29, 1.82) is 0 Å². The first-order chi connectivity index (χ1) is 7.42. The first-order valence-electron chi connectivity index (χ1n) is 5.31. The molecule has 0 bridgehead atoms. The number of carbonyl (C=O) groups is 2. The van der Waals surface area contributed by atoms with E-state index in [9.17, 15) is 9.59 Å². The van der Waals surface area contributed by atoms with E-state index in [1.54, 1.807) is 6.92 Å². The van der Waals surface area contributed by atoms with Crippen LogP contribution in [0.2, 0.25) is 0 Å². The molecule has 0 saturated carbocycles. The van der Waals surface area contributed by atoms with E-state index in [4.69, 9.17) is 5.11 Å². The number of nitrogens with one attached hydrogen (secondary N) is 3. The lowest BCUT2D eigenvalue weighted by Crippen LogP contribution is -2.52. The number of imide groups is 1. The summed E-state index contributed by atoms with van der Waals surface area (Å²) in [5.41, 5.74) is 0. The molecule has 0 rings (SSSR count). The molecule has 3 amide bonds. The normalized spacial score (nSPS) is 14.4. The highest BCUT2D eigenvalue weighted by Crippen LogP contribution is 2.01. The second-order valence-corrected chi connectivity index (χ2v) is 3.99. The third kappa shape index (κ3) is 5.09. The van der Waals surface area contributed by atoms with Crippen LogP contribution in [0.5, 0.6) is 0 Å². The molecule has 0 saturated heterocycles. The molecule has 6 nitrogen and oxygen atoms in total. The van der Waals surface area contributed by atoms with E-state index in [1.165, 1.54) is 7.05 Å². The smallest absolute Gasteiger partial charge is 0.321 e. The number of carbonyl (C=O) groups excluding carboxylic acids is 2. The highest BCUT2D eigenvalue weighted by Gasteiger charge is 2.20. The van der Waals surface area contributed by atoms with Gasteiger partial charge in [-0.15, -0.1) is 0 Å². The van der Waals surface area contributed by atoms with Crippen molar-refractivity contribution in [2.24, 2.45) is 5.92 Å². The summed E-state index contributed by atoms with van der Waals surface area (Å²) in [6, 6.07) is -1.23. The Morgan fingerprint density at radius 3 is 2.19 bits per heavy atom. The zero-order valence-electron chi connectivity index (χ0n) is 10.2. The fraction of sp³-hybridized carbons (Fsp3) is 0.800. The monoisotopic (exact) mass is 231 g/mol. The summed E-state index contributed by atoms with van der Waals surface area (Å²) in [5, 5.41) is 16.5. The van der Waals surface area contributed by atoms with Gasteiger partial charge in [-0.3, -0.25) is 10.1 Å². The van der Waals surface area contributed by atoms with Gasteiger partial charge in [-0.1, -0.05) is 13.8 Å². The molecule has 6 heteroatoms. The van der Waals surface area contributed by atoms with Crippen LogP contribution in [0.1, 0.15) is 20.8 Å². The molecule has 0 heterocycles. The molecule has 2 unspecified atom stereocenters. The molecule has 0 radical (unpaired) electrons. The van der Waals surface area contributed by atoms with E-state index in [1.807, 2.05) is 13.8 Å². The zero-order valence-corrected chi connectivity index (χ0v) is 10.2. The summed E-state index contributed by atoms with van der Waals surface area (Å²) in [7, 11) is 1.44. The van der Waals surface area contributed by atoms with Crippen LogP contribution in [-0.2, 0) is 4.79 Å². The first-order valence-corrected chi connectivity index (χ1v) is 5.31. The molecule has 0 fully saturated rings. The molecule has 94 valence electrons. The molecule has 0 spiro atoms. The maximum atomic E-state index is 11.5. The fourth-order valence-electron chi connectivity index (χ4n) is 1.14. The second kappa shape index (κ2) is 7.19. The van der Waals surface area contributed by atoms with Crippen LogP contribution >= 0.6 is 0 Å². The van der Waals surface area contributed by atoms with Gasteiger partial charge in [-0.2, -0.15) is 0 Å². The predicted octanol–water partition coefficient (Wildman–Crippen LogP) is -0.563. The minimum atomic E-state index is -0.538. The second-order valence-electron chi connectivity index (χ2n) is 3.99. The van der Waals surface area contributed by atoms with Crippen molar-refractivity contribution in [3.05, 3.63) is 0 Å². The van der Waals surface area contributed by atoms with E-state index < -0.39 is 18.0 Å². The highest BCUT2D eigenvalue weighted by atomic mass is 16.3. The van der Waals surface area contributed by atoms with Crippen LogP contribution in [-0.4, -0.2) is 42.8 Å². The number of amides is 3. The number of aliphatic hydroxyl groups excluding tert-OH is 1. The number of rotatable bonds is 5. The van der Waals surface area contributed by atoms with Crippen molar-refractivity contribution < 1.29 is 14.7 Å². The first kappa shape index (κ1) is 14.9. The number of hydrogen-bond donors (Lipinski definition) is 4. The third-order valence-electron chi connectivity index (χ3n) is 2.32. The Bertz CT molecular complexity index is 243. The number of urea groups is 1. The zero-order chi connectivity index (χ0) is 12.7. The van der Waals surface area contributed by atoms with Crippen LogP contribution in [0, 0.1) is 5.92 Å². The Hall–Kier alpha value is -1.14. The van der Waals surface area contributed by atoms with Crippen molar-refractivity contribution in [2.75, 3.05) is 13.7 Å². The molecule has 0 aromatic carbocycles. The van der Waals surface area contributed by atoms with E-state index in [-0.39, 0.29) is 18.6 Å².